The highest BCUT2D eigenvalue weighted by atomic mass is 32.1. The van der Waals surface area contributed by atoms with Crippen LogP contribution in [0.5, 0.6) is 0 Å². The highest BCUT2D eigenvalue weighted by Gasteiger charge is 2.21. The summed E-state index contributed by atoms with van der Waals surface area (Å²) < 4.78 is 13.5. The fraction of sp³-hybridized carbons (Fsp3) is 0.500. The average Bonchev–Trinajstić information content (AvgIpc) is 2.35. The van der Waals surface area contributed by atoms with E-state index in [9.17, 15) is 4.39 Å². The number of benzene rings is 1. The van der Waals surface area contributed by atoms with Gasteiger partial charge in [-0.15, -0.1) is 0 Å². The minimum absolute atomic E-state index is 0.279. The lowest BCUT2D eigenvalue weighted by Gasteiger charge is -2.30. The Bertz CT molecular complexity index is 422. The number of anilines is 1. The second kappa shape index (κ2) is 6.14. The van der Waals surface area contributed by atoms with E-state index in [0.717, 1.165) is 6.42 Å². The molecule has 0 aliphatic heterocycles. The van der Waals surface area contributed by atoms with Gasteiger partial charge in [0.05, 0.1) is 5.69 Å². The fourth-order valence-corrected chi connectivity index (χ4v) is 2.68. The summed E-state index contributed by atoms with van der Waals surface area (Å²) in [5.41, 5.74) is 0.429. The zero-order chi connectivity index (χ0) is 13.0. The van der Waals surface area contributed by atoms with E-state index < -0.39 is 0 Å². The van der Waals surface area contributed by atoms with Crippen molar-refractivity contribution in [3.8, 4) is 0 Å². The molecule has 0 saturated heterocycles. The summed E-state index contributed by atoms with van der Waals surface area (Å²) in [7, 11) is 0. The average molecular weight is 266 g/mol. The third-order valence-electron chi connectivity index (χ3n) is 3.55. The van der Waals surface area contributed by atoms with Crippen LogP contribution in [0.4, 0.5) is 10.1 Å². The van der Waals surface area contributed by atoms with Crippen molar-refractivity contribution < 1.29 is 4.39 Å². The molecule has 2 atom stereocenters. The molecule has 0 amide bonds. The van der Waals surface area contributed by atoms with Crippen LogP contribution in [0.1, 0.15) is 32.6 Å². The molecule has 0 bridgehead atoms. The van der Waals surface area contributed by atoms with E-state index in [4.69, 9.17) is 12.2 Å². The van der Waals surface area contributed by atoms with Gasteiger partial charge in [0.25, 0.3) is 0 Å². The van der Waals surface area contributed by atoms with Crippen molar-refractivity contribution in [2.75, 3.05) is 5.32 Å². The van der Waals surface area contributed by atoms with E-state index in [2.05, 4.69) is 17.6 Å². The number of hydrogen-bond donors (Lipinski definition) is 2. The SMILES string of the molecule is CC1CCCCC1NC(=S)Nc1ccccc1F. The smallest absolute Gasteiger partial charge is 0.171 e. The van der Waals surface area contributed by atoms with Crippen LogP contribution in [0.15, 0.2) is 24.3 Å². The maximum absolute atomic E-state index is 13.5. The second-order valence-electron chi connectivity index (χ2n) is 4.95. The van der Waals surface area contributed by atoms with E-state index in [1.54, 1.807) is 18.2 Å². The van der Waals surface area contributed by atoms with Gasteiger partial charge in [-0.3, -0.25) is 0 Å². The number of nitrogens with one attached hydrogen (secondary N) is 2. The molecule has 2 N–H and O–H groups in total. The van der Waals surface area contributed by atoms with Gasteiger partial charge in [-0.1, -0.05) is 31.9 Å². The molecule has 1 aliphatic rings. The van der Waals surface area contributed by atoms with Crippen LogP contribution < -0.4 is 10.6 Å². The summed E-state index contributed by atoms with van der Waals surface area (Å²) in [5, 5.41) is 6.73. The Balaban J connectivity index is 1.90. The molecule has 1 saturated carbocycles. The minimum Gasteiger partial charge on any atom is -0.359 e. The van der Waals surface area contributed by atoms with E-state index >= 15 is 0 Å². The Morgan fingerprint density at radius 2 is 2.00 bits per heavy atom. The van der Waals surface area contributed by atoms with Gasteiger partial charge in [-0.2, -0.15) is 0 Å². The Morgan fingerprint density at radius 3 is 2.72 bits per heavy atom. The van der Waals surface area contributed by atoms with E-state index in [0.29, 0.717) is 22.8 Å². The molecule has 0 radical (unpaired) electrons. The Kier molecular flexibility index (Phi) is 4.53. The lowest BCUT2D eigenvalue weighted by Crippen LogP contribution is -2.43. The summed E-state index contributed by atoms with van der Waals surface area (Å²) >= 11 is 5.24. The van der Waals surface area contributed by atoms with Crippen LogP contribution in [0.3, 0.4) is 0 Å². The van der Waals surface area contributed by atoms with E-state index in [-0.39, 0.29) is 5.82 Å². The van der Waals surface area contributed by atoms with Crippen molar-refractivity contribution in [3.63, 3.8) is 0 Å². The first kappa shape index (κ1) is 13.3. The molecule has 2 nitrogen and oxygen atoms in total. The van der Waals surface area contributed by atoms with E-state index in [1.807, 2.05) is 0 Å². The van der Waals surface area contributed by atoms with Crippen molar-refractivity contribution in [2.24, 2.45) is 5.92 Å². The molecule has 2 rings (SSSR count). The van der Waals surface area contributed by atoms with Gasteiger partial charge < -0.3 is 10.6 Å². The third kappa shape index (κ3) is 3.42. The quantitative estimate of drug-likeness (QED) is 0.798. The highest BCUT2D eigenvalue weighted by molar-refractivity contribution is 7.80. The molecule has 0 heterocycles. The van der Waals surface area contributed by atoms with Crippen LogP contribution >= 0.6 is 12.2 Å². The number of hydrogen-bond acceptors (Lipinski definition) is 1. The molecular formula is C14H19FN2S. The number of para-hydroxylation sites is 1. The van der Waals surface area contributed by atoms with Crippen molar-refractivity contribution in [1.29, 1.82) is 0 Å². The Morgan fingerprint density at radius 1 is 1.28 bits per heavy atom. The summed E-state index contributed by atoms with van der Waals surface area (Å²) in [4.78, 5) is 0. The predicted octanol–water partition coefficient (Wildman–Crippen LogP) is 3.69. The molecule has 0 spiro atoms. The van der Waals surface area contributed by atoms with Crippen LogP contribution in [0.2, 0.25) is 0 Å². The lowest BCUT2D eigenvalue weighted by molar-refractivity contribution is 0.309. The molecule has 18 heavy (non-hydrogen) atoms. The van der Waals surface area contributed by atoms with Crippen LogP contribution in [0, 0.1) is 11.7 Å². The third-order valence-corrected chi connectivity index (χ3v) is 3.77. The fourth-order valence-electron chi connectivity index (χ4n) is 2.42. The minimum atomic E-state index is -0.279. The summed E-state index contributed by atoms with van der Waals surface area (Å²) in [6, 6.07) is 6.98. The first-order valence-corrected chi connectivity index (χ1v) is 6.89. The van der Waals surface area contributed by atoms with Crippen LogP contribution in [0.25, 0.3) is 0 Å². The molecule has 1 fully saturated rings. The van der Waals surface area contributed by atoms with Gasteiger partial charge in [-0.25, -0.2) is 4.39 Å². The van der Waals surface area contributed by atoms with Gasteiger partial charge in [0, 0.05) is 6.04 Å². The molecule has 1 aliphatic carbocycles. The van der Waals surface area contributed by atoms with Crippen molar-refractivity contribution in [2.45, 2.75) is 38.6 Å². The summed E-state index contributed by atoms with van der Waals surface area (Å²) in [6.45, 7) is 2.24. The van der Waals surface area contributed by atoms with Crippen molar-refractivity contribution >= 4 is 23.0 Å². The Hall–Kier alpha value is -1.16. The van der Waals surface area contributed by atoms with Gasteiger partial charge in [0.1, 0.15) is 5.82 Å². The summed E-state index contributed by atoms with van der Waals surface area (Å²) in [6.07, 6.45) is 4.91. The maximum Gasteiger partial charge on any atom is 0.171 e. The number of halogens is 1. The zero-order valence-electron chi connectivity index (χ0n) is 10.6. The Labute approximate surface area is 113 Å². The first-order valence-electron chi connectivity index (χ1n) is 6.49. The topological polar surface area (TPSA) is 24.1 Å². The van der Waals surface area contributed by atoms with Crippen LogP contribution in [-0.4, -0.2) is 11.2 Å². The van der Waals surface area contributed by atoms with Gasteiger partial charge >= 0.3 is 0 Å². The molecule has 1 aromatic carbocycles. The second-order valence-corrected chi connectivity index (χ2v) is 5.35. The van der Waals surface area contributed by atoms with Crippen molar-refractivity contribution in [1.82, 2.24) is 5.32 Å². The molecule has 0 aromatic heterocycles. The maximum atomic E-state index is 13.5. The summed E-state index contributed by atoms with van der Waals surface area (Å²) in [5.74, 6) is 0.345. The molecule has 98 valence electrons. The molecule has 2 unspecified atom stereocenters. The zero-order valence-corrected chi connectivity index (χ0v) is 11.4. The molecule has 4 heteroatoms. The predicted molar refractivity (Wildman–Crippen MR) is 77.2 cm³/mol. The largest absolute Gasteiger partial charge is 0.359 e. The molecule has 1 aromatic rings. The monoisotopic (exact) mass is 266 g/mol. The number of thiocarbonyl (C=S) groups is 1. The van der Waals surface area contributed by atoms with E-state index in [1.165, 1.54) is 25.3 Å². The van der Waals surface area contributed by atoms with Gasteiger partial charge in [0.2, 0.25) is 0 Å². The lowest BCUT2D eigenvalue weighted by atomic mass is 9.86. The molecular weight excluding hydrogens is 247 g/mol. The highest BCUT2D eigenvalue weighted by Crippen LogP contribution is 2.23. The normalized spacial score (nSPS) is 23.4. The standard InChI is InChI=1S/C14H19FN2S/c1-10-6-2-4-8-12(10)16-14(18)17-13-9-5-3-7-11(13)15/h3,5,7,9-10,12H,2,4,6,8H2,1H3,(H2,16,17,18). The van der Waals surface area contributed by atoms with Crippen molar-refractivity contribution in [3.05, 3.63) is 30.1 Å². The van der Waals surface area contributed by atoms with Gasteiger partial charge in [-0.05, 0) is 43.1 Å². The number of rotatable bonds is 2. The van der Waals surface area contributed by atoms with Gasteiger partial charge in [0.15, 0.2) is 5.11 Å². The first-order chi connectivity index (χ1) is 8.66. The van der Waals surface area contributed by atoms with Crippen LogP contribution in [-0.2, 0) is 0 Å².